The van der Waals surface area contributed by atoms with Gasteiger partial charge in [-0.05, 0) is 43.5 Å². The van der Waals surface area contributed by atoms with Crippen LogP contribution in [0, 0.1) is 0 Å². The van der Waals surface area contributed by atoms with Crippen molar-refractivity contribution in [2.45, 2.75) is 39.1 Å². The Bertz CT molecular complexity index is 778. The molecule has 2 aromatic rings. The van der Waals surface area contributed by atoms with Gasteiger partial charge in [0.15, 0.2) is 23.4 Å². The second-order valence-electron chi connectivity index (χ2n) is 7.03. The van der Waals surface area contributed by atoms with Gasteiger partial charge in [-0.1, -0.05) is 12.1 Å². The minimum absolute atomic E-state index is 0.0850. The zero-order chi connectivity index (χ0) is 19.4. The number of tetrazole rings is 1. The van der Waals surface area contributed by atoms with Crippen LogP contribution in [0.2, 0.25) is 0 Å². The van der Waals surface area contributed by atoms with Crippen molar-refractivity contribution < 1.29 is 14.3 Å². The summed E-state index contributed by atoms with van der Waals surface area (Å²) in [5, 5.41) is 11.7. The number of likely N-dealkylation sites (N-methyl/N-ethyl adjacent to an activating group) is 1. The average Bonchev–Trinajstić information content (AvgIpc) is 3.08. The largest absolute Gasteiger partial charge is 0.486 e. The van der Waals surface area contributed by atoms with Crippen molar-refractivity contribution >= 4 is 5.91 Å². The lowest BCUT2D eigenvalue weighted by Crippen LogP contribution is -2.43. The SMILES string of the molecule is CC(C)N(C)Cc1nnnn1CC(=O)N(C)C[C@H]1COc2ccccc2O1. The molecule has 9 heteroatoms. The van der Waals surface area contributed by atoms with Gasteiger partial charge in [-0.3, -0.25) is 9.69 Å². The van der Waals surface area contributed by atoms with Gasteiger partial charge >= 0.3 is 0 Å². The van der Waals surface area contributed by atoms with Crippen LogP contribution in [0.4, 0.5) is 0 Å². The molecule has 0 saturated carbocycles. The van der Waals surface area contributed by atoms with Crippen molar-refractivity contribution in [3.05, 3.63) is 30.1 Å². The van der Waals surface area contributed by atoms with E-state index in [4.69, 9.17) is 9.47 Å². The van der Waals surface area contributed by atoms with Crippen LogP contribution in [0.5, 0.6) is 11.5 Å². The molecule has 1 amide bonds. The van der Waals surface area contributed by atoms with Crippen LogP contribution >= 0.6 is 0 Å². The summed E-state index contributed by atoms with van der Waals surface area (Å²) in [7, 11) is 3.74. The van der Waals surface area contributed by atoms with Crippen molar-refractivity contribution in [1.29, 1.82) is 0 Å². The summed E-state index contributed by atoms with van der Waals surface area (Å²) in [6.07, 6.45) is -0.214. The predicted octanol–water partition coefficient (Wildman–Crippen LogP) is 0.812. The Morgan fingerprint density at radius 1 is 1.30 bits per heavy atom. The molecule has 0 unspecified atom stereocenters. The van der Waals surface area contributed by atoms with Crippen LogP contribution in [0.1, 0.15) is 19.7 Å². The fraction of sp³-hybridized carbons (Fsp3) is 0.556. The quantitative estimate of drug-likeness (QED) is 0.709. The zero-order valence-electron chi connectivity index (χ0n) is 16.2. The number of rotatable bonds is 7. The van der Waals surface area contributed by atoms with Crippen molar-refractivity contribution in [3.63, 3.8) is 0 Å². The summed E-state index contributed by atoms with van der Waals surface area (Å²) in [5.74, 6) is 2.02. The van der Waals surface area contributed by atoms with E-state index in [2.05, 4.69) is 34.3 Å². The summed E-state index contributed by atoms with van der Waals surface area (Å²) in [4.78, 5) is 16.3. The van der Waals surface area contributed by atoms with E-state index < -0.39 is 0 Å². The summed E-state index contributed by atoms with van der Waals surface area (Å²) in [6, 6.07) is 7.89. The highest BCUT2D eigenvalue weighted by atomic mass is 16.6. The van der Waals surface area contributed by atoms with Crippen LogP contribution in [0.15, 0.2) is 24.3 Å². The molecule has 1 atom stereocenters. The van der Waals surface area contributed by atoms with Gasteiger partial charge in [-0.25, -0.2) is 4.68 Å². The molecule has 0 N–H and O–H groups in total. The highest BCUT2D eigenvalue weighted by Crippen LogP contribution is 2.30. The Balaban J connectivity index is 1.55. The second kappa shape index (κ2) is 8.34. The number of hydrogen-bond acceptors (Lipinski definition) is 7. The molecule has 0 aliphatic carbocycles. The maximum Gasteiger partial charge on any atom is 0.244 e. The number of aromatic nitrogens is 4. The Kier molecular flexibility index (Phi) is 5.90. The van der Waals surface area contributed by atoms with Gasteiger partial charge in [0, 0.05) is 13.1 Å². The van der Waals surface area contributed by atoms with Gasteiger partial charge in [0.25, 0.3) is 0 Å². The molecule has 1 aromatic heterocycles. The van der Waals surface area contributed by atoms with E-state index in [9.17, 15) is 4.79 Å². The number of carbonyl (C=O) groups is 1. The highest BCUT2D eigenvalue weighted by Gasteiger charge is 2.24. The van der Waals surface area contributed by atoms with Gasteiger partial charge in [-0.2, -0.15) is 0 Å². The summed E-state index contributed by atoms with van der Waals surface area (Å²) < 4.78 is 13.2. The number of ether oxygens (including phenoxy) is 2. The molecular weight excluding hydrogens is 348 g/mol. The first kappa shape index (κ1) is 19.1. The lowest BCUT2D eigenvalue weighted by atomic mass is 10.2. The van der Waals surface area contributed by atoms with Crippen LogP contribution in [-0.2, 0) is 17.9 Å². The Morgan fingerprint density at radius 2 is 2.04 bits per heavy atom. The molecule has 3 rings (SSSR count). The molecule has 1 aliphatic heterocycles. The molecule has 0 spiro atoms. The smallest absolute Gasteiger partial charge is 0.244 e. The number of para-hydroxylation sites is 2. The fourth-order valence-electron chi connectivity index (χ4n) is 2.67. The molecule has 9 nitrogen and oxygen atoms in total. The maximum absolute atomic E-state index is 12.6. The van der Waals surface area contributed by atoms with Gasteiger partial charge in [0.2, 0.25) is 5.91 Å². The van der Waals surface area contributed by atoms with Crippen LogP contribution in [-0.4, -0.2) is 75.3 Å². The van der Waals surface area contributed by atoms with Gasteiger partial charge in [-0.15, -0.1) is 5.10 Å². The molecule has 0 saturated heterocycles. The Labute approximate surface area is 158 Å². The van der Waals surface area contributed by atoms with Crippen molar-refractivity contribution in [3.8, 4) is 11.5 Å². The van der Waals surface area contributed by atoms with Crippen LogP contribution < -0.4 is 9.47 Å². The summed E-state index contributed by atoms with van der Waals surface area (Å²) in [6.45, 7) is 5.70. The molecule has 0 fully saturated rings. The molecule has 27 heavy (non-hydrogen) atoms. The van der Waals surface area contributed by atoms with E-state index >= 15 is 0 Å². The minimum Gasteiger partial charge on any atom is -0.486 e. The van der Waals surface area contributed by atoms with Crippen molar-refractivity contribution in [1.82, 2.24) is 30.0 Å². The molecule has 1 aromatic carbocycles. The van der Waals surface area contributed by atoms with E-state index in [1.165, 1.54) is 0 Å². The van der Waals surface area contributed by atoms with Crippen LogP contribution in [0.25, 0.3) is 0 Å². The highest BCUT2D eigenvalue weighted by molar-refractivity contribution is 5.75. The number of carbonyl (C=O) groups excluding carboxylic acids is 1. The number of fused-ring (bicyclic) bond motifs is 1. The van der Waals surface area contributed by atoms with Gasteiger partial charge < -0.3 is 14.4 Å². The first-order chi connectivity index (χ1) is 12.9. The normalized spacial score (nSPS) is 16.0. The monoisotopic (exact) mass is 374 g/mol. The molecule has 0 radical (unpaired) electrons. The van der Waals surface area contributed by atoms with Crippen molar-refractivity contribution in [2.75, 3.05) is 27.2 Å². The third-order valence-electron chi connectivity index (χ3n) is 4.63. The predicted molar refractivity (Wildman–Crippen MR) is 98.4 cm³/mol. The van der Waals surface area contributed by atoms with Gasteiger partial charge in [0.1, 0.15) is 13.2 Å². The second-order valence-corrected chi connectivity index (χ2v) is 7.03. The lowest BCUT2D eigenvalue weighted by Gasteiger charge is -2.29. The van der Waals surface area contributed by atoms with Crippen molar-refractivity contribution in [2.24, 2.45) is 0 Å². The molecule has 146 valence electrons. The molecule has 2 heterocycles. The maximum atomic E-state index is 12.6. The molecule has 1 aliphatic rings. The molecule has 0 bridgehead atoms. The lowest BCUT2D eigenvalue weighted by molar-refractivity contribution is -0.132. The third-order valence-corrected chi connectivity index (χ3v) is 4.63. The number of benzene rings is 1. The summed E-state index contributed by atoms with van der Waals surface area (Å²) >= 11 is 0. The summed E-state index contributed by atoms with van der Waals surface area (Å²) in [5.41, 5.74) is 0. The number of nitrogens with zero attached hydrogens (tertiary/aromatic N) is 6. The standard InChI is InChI=1S/C18H26N6O3/c1-13(2)22(3)10-17-19-20-21-24(17)11-18(25)23(4)9-14-12-26-15-7-5-6-8-16(15)27-14/h5-8,13-14H,9-12H2,1-4H3/t14-/m0/s1. The van der Waals surface area contributed by atoms with E-state index in [1.807, 2.05) is 31.3 Å². The third kappa shape index (κ3) is 4.73. The van der Waals surface area contributed by atoms with E-state index in [1.54, 1.807) is 16.6 Å². The Hall–Kier alpha value is -2.68. The Morgan fingerprint density at radius 3 is 2.78 bits per heavy atom. The average molecular weight is 374 g/mol. The van der Waals surface area contributed by atoms with Crippen LogP contribution in [0.3, 0.4) is 0 Å². The minimum atomic E-state index is -0.214. The number of hydrogen-bond donors (Lipinski definition) is 0. The topological polar surface area (TPSA) is 85.6 Å². The zero-order valence-corrected chi connectivity index (χ0v) is 16.2. The van der Waals surface area contributed by atoms with E-state index in [0.29, 0.717) is 37.3 Å². The molecular formula is C18H26N6O3. The fourth-order valence-corrected chi connectivity index (χ4v) is 2.67. The van der Waals surface area contributed by atoms with E-state index in [0.717, 1.165) is 5.75 Å². The van der Waals surface area contributed by atoms with Gasteiger partial charge in [0.05, 0.1) is 13.1 Å². The number of amides is 1. The van der Waals surface area contributed by atoms with E-state index in [-0.39, 0.29) is 18.6 Å². The first-order valence-electron chi connectivity index (χ1n) is 9.01. The first-order valence-corrected chi connectivity index (χ1v) is 9.01.